The van der Waals surface area contributed by atoms with E-state index in [2.05, 4.69) is 4.72 Å². The molecule has 0 spiro atoms. The van der Waals surface area contributed by atoms with Crippen LogP contribution in [0.25, 0.3) is 0 Å². The van der Waals surface area contributed by atoms with Gasteiger partial charge in [-0.1, -0.05) is 12.1 Å². The maximum absolute atomic E-state index is 12.8. The van der Waals surface area contributed by atoms with Gasteiger partial charge in [-0.05, 0) is 43.7 Å². The quantitative estimate of drug-likeness (QED) is 0.695. The summed E-state index contributed by atoms with van der Waals surface area (Å²) in [6.07, 6.45) is 3.62. The molecule has 1 aliphatic carbocycles. The lowest BCUT2D eigenvalue weighted by Crippen LogP contribution is -2.39. The zero-order chi connectivity index (χ0) is 17.4. The second kappa shape index (κ2) is 7.89. The summed E-state index contributed by atoms with van der Waals surface area (Å²) < 4.78 is 54.6. The third kappa shape index (κ3) is 4.53. The summed E-state index contributed by atoms with van der Waals surface area (Å²) in [5.41, 5.74) is 5.93. The molecule has 1 aliphatic heterocycles. The lowest BCUT2D eigenvalue weighted by molar-refractivity contribution is 0.474. The maximum atomic E-state index is 12.8. The predicted molar refractivity (Wildman–Crippen MR) is 97.6 cm³/mol. The normalized spacial score (nSPS) is 20.2. The minimum absolute atomic E-state index is 0. The van der Waals surface area contributed by atoms with Crippen LogP contribution in [0.4, 0.5) is 0 Å². The Morgan fingerprint density at radius 2 is 1.64 bits per heavy atom. The third-order valence-electron chi connectivity index (χ3n) is 4.56. The van der Waals surface area contributed by atoms with E-state index in [9.17, 15) is 16.8 Å². The van der Waals surface area contributed by atoms with Crippen molar-refractivity contribution in [2.75, 3.05) is 19.6 Å². The summed E-state index contributed by atoms with van der Waals surface area (Å²) in [7, 11) is -7.75. The number of benzene rings is 1. The lowest BCUT2D eigenvalue weighted by atomic mass is 10.2. The van der Waals surface area contributed by atoms with E-state index in [1.54, 1.807) is 0 Å². The highest BCUT2D eigenvalue weighted by molar-refractivity contribution is 7.92. The Bertz CT molecular complexity index is 804. The molecular formula is C15H24ClN3O4S2. The summed E-state index contributed by atoms with van der Waals surface area (Å²) in [6, 6.07) is 5.51. The Morgan fingerprint density at radius 1 is 1.08 bits per heavy atom. The summed E-state index contributed by atoms with van der Waals surface area (Å²) in [6.45, 7) is 0.971. The zero-order valence-electron chi connectivity index (χ0n) is 13.8. The van der Waals surface area contributed by atoms with Crippen molar-refractivity contribution < 1.29 is 16.8 Å². The van der Waals surface area contributed by atoms with E-state index in [1.807, 2.05) is 0 Å². The van der Waals surface area contributed by atoms with Crippen LogP contribution in [0.3, 0.4) is 0 Å². The van der Waals surface area contributed by atoms with Gasteiger partial charge >= 0.3 is 0 Å². The molecule has 2 aliphatic rings. The zero-order valence-corrected chi connectivity index (χ0v) is 16.2. The van der Waals surface area contributed by atoms with E-state index in [4.69, 9.17) is 5.73 Å². The van der Waals surface area contributed by atoms with Gasteiger partial charge in [0.1, 0.15) is 9.79 Å². The average molecular weight is 410 g/mol. The fraction of sp³-hybridized carbons (Fsp3) is 0.600. The van der Waals surface area contributed by atoms with Crippen molar-refractivity contribution in [2.45, 2.75) is 41.5 Å². The van der Waals surface area contributed by atoms with Crippen LogP contribution in [-0.4, -0.2) is 46.8 Å². The van der Waals surface area contributed by atoms with E-state index in [0.29, 0.717) is 19.0 Å². The Kier molecular flexibility index (Phi) is 6.50. The number of sulfonamides is 2. The summed E-state index contributed by atoms with van der Waals surface area (Å²) >= 11 is 0. The number of halogens is 1. The van der Waals surface area contributed by atoms with Crippen molar-refractivity contribution in [3.63, 3.8) is 0 Å². The molecule has 0 aromatic heterocycles. The number of rotatable bonds is 7. The molecule has 0 amide bonds. The Hall–Kier alpha value is -0.710. The van der Waals surface area contributed by atoms with E-state index in [1.165, 1.54) is 28.6 Å². The number of nitrogens with one attached hydrogen (secondary N) is 1. The van der Waals surface area contributed by atoms with E-state index in [-0.39, 0.29) is 34.8 Å². The van der Waals surface area contributed by atoms with Gasteiger partial charge in [0.15, 0.2) is 0 Å². The van der Waals surface area contributed by atoms with E-state index < -0.39 is 20.0 Å². The van der Waals surface area contributed by atoms with Crippen LogP contribution in [0.1, 0.15) is 25.7 Å². The van der Waals surface area contributed by atoms with Crippen LogP contribution >= 0.6 is 12.4 Å². The monoisotopic (exact) mass is 409 g/mol. The molecule has 1 atom stereocenters. The van der Waals surface area contributed by atoms with Crippen molar-refractivity contribution in [2.24, 2.45) is 11.7 Å². The molecule has 25 heavy (non-hydrogen) atoms. The summed E-state index contributed by atoms with van der Waals surface area (Å²) in [4.78, 5) is -0.376. The van der Waals surface area contributed by atoms with Gasteiger partial charge in [-0.25, -0.2) is 21.6 Å². The molecule has 0 bridgehead atoms. The molecule has 1 heterocycles. The average Bonchev–Trinajstić information content (AvgIpc) is 3.26. The van der Waals surface area contributed by atoms with E-state index >= 15 is 0 Å². The first kappa shape index (κ1) is 20.6. The van der Waals surface area contributed by atoms with Gasteiger partial charge in [0, 0.05) is 25.7 Å². The van der Waals surface area contributed by atoms with Crippen LogP contribution in [-0.2, 0) is 20.0 Å². The molecule has 2 fully saturated rings. The smallest absolute Gasteiger partial charge is 0.244 e. The molecular weight excluding hydrogens is 386 g/mol. The lowest BCUT2D eigenvalue weighted by Gasteiger charge is -2.19. The number of nitrogens with two attached hydrogens (primary N) is 1. The first-order valence-corrected chi connectivity index (χ1v) is 11.1. The maximum Gasteiger partial charge on any atom is 0.244 e. The van der Waals surface area contributed by atoms with E-state index in [0.717, 1.165) is 25.7 Å². The predicted octanol–water partition coefficient (Wildman–Crippen LogP) is 0.908. The molecule has 7 nitrogen and oxygen atoms in total. The first-order valence-electron chi connectivity index (χ1n) is 8.17. The van der Waals surface area contributed by atoms with Gasteiger partial charge in [-0.15, -0.1) is 12.4 Å². The molecule has 1 aromatic carbocycles. The van der Waals surface area contributed by atoms with Crippen LogP contribution in [0.5, 0.6) is 0 Å². The molecule has 0 radical (unpaired) electrons. The van der Waals surface area contributed by atoms with Crippen molar-refractivity contribution in [3.05, 3.63) is 24.3 Å². The standard InChI is InChI=1S/C15H23N3O4S2.ClH/c16-13(12-7-8-12)11-17-23(19,20)14-5-1-2-6-15(14)24(21,22)18-9-3-4-10-18;/h1-2,5-6,12-13,17H,3-4,7-11,16H2;1H. The van der Waals surface area contributed by atoms with Crippen molar-refractivity contribution >= 4 is 32.5 Å². The van der Waals surface area contributed by atoms with Gasteiger partial charge in [-0.3, -0.25) is 0 Å². The molecule has 3 N–H and O–H groups in total. The summed E-state index contributed by atoms with van der Waals surface area (Å²) in [5, 5.41) is 0. The van der Waals surface area contributed by atoms with Crippen LogP contribution in [0.15, 0.2) is 34.1 Å². The van der Waals surface area contributed by atoms with Crippen LogP contribution in [0.2, 0.25) is 0 Å². The molecule has 1 aromatic rings. The van der Waals surface area contributed by atoms with Gasteiger partial charge < -0.3 is 5.73 Å². The molecule has 1 saturated heterocycles. The minimum atomic E-state index is -3.94. The Balaban J connectivity index is 0.00000225. The summed E-state index contributed by atoms with van der Waals surface area (Å²) in [5.74, 6) is 0.358. The highest BCUT2D eigenvalue weighted by atomic mass is 35.5. The Labute approximate surface area is 155 Å². The highest BCUT2D eigenvalue weighted by Gasteiger charge is 2.34. The van der Waals surface area contributed by atoms with Crippen LogP contribution in [0, 0.1) is 5.92 Å². The largest absolute Gasteiger partial charge is 0.326 e. The molecule has 1 unspecified atom stereocenters. The fourth-order valence-corrected chi connectivity index (χ4v) is 6.32. The topological polar surface area (TPSA) is 110 Å². The van der Waals surface area contributed by atoms with Crippen molar-refractivity contribution in [1.29, 1.82) is 0 Å². The highest BCUT2D eigenvalue weighted by Crippen LogP contribution is 2.31. The number of hydrogen-bond donors (Lipinski definition) is 2. The Morgan fingerprint density at radius 3 is 2.20 bits per heavy atom. The molecule has 10 heteroatoms. The SMILES string of the molecule is Cl.NC(CNS(=O)(=O)c1ccccc1S(=O)(=O)N1CCCC1)C1CC1. The second-order valence-corrected chi connectivity index (χ2v) is 10.1. The minimum Gasteiger partial charge on any atom is -0.326 e. The van der Waals surface area contributed by atoms with Crippen molar-refractivity contribution in [1.82, 2.24) is 9.03 Å². The molecule has 1 saturated carbocycles. The van der Waals surface area contributed by atoms with Gasteiger partial charge in [-0.2, -0.15) is 4.31 Å². The van der Waals surface area contributed by atoms with Crippen molar-refractivity contribution in [3.8, 4) is 0 Å². The van der Waals surface area contributed by atoms with Gasteiger partial charge in [0.05, 0.1) is 0 Å². The van der Waals surface area contributed by atoms with Gasteiger partial charge in [0.25, 0.3) is 0 Å². The number of nitrogens with zero attached hydrogens (tertiary/aromatic N) is 1. The fourth-order valence-electron chi connectivity index (χ4n) is 2.93. The van der Waals surface area contributed by atoms with Gasteiger partial charge in [0.2, 0.25) is 20.0 Å². The second-order valence-electron chi connectivity index (χ2n) is 6.41. The molecule has 142 valence electrons. The molecule has 3 rings (SSSR count). The van der Waals surface area contributed by atoms with Crippen LogP contribution < -0.4 is 10.5 Å². The third-order valence-corrected chi connectivity index (χ3v) is 8.13. The first-order chi connectivity index (χ1) is 11.3. The number of hydrogen-bond acceptors (Lipinski definition) is 5.